The Morgan fingerprint density at radius 3 is 2.43 bits per heavy atom. The van der Waals surface area contributed by atoms with Gasteiger partial charge in [-0.2, -0.15) is 0 Å². The number of hydrogen-bond acceptors (Lipinski definition) is 3. The van der Waals surface area contributed by atoms with Crippen LogP contribution in [0.25, 0.3) is 0 Å². The molecular formula is C17H30N2O2. The number of nitrogens with one attached hydrogen (secondary N) is 1. The molecule has 4 heteroatoms. The molecule has 0 aromatic rings. The monoisotopic (exact) mass is 294 g/mol. The van der Waals surface area contributed by atoms with Gasteiger partial charge in [-0.3, -0.25) is 10.1 Å². The zero-order chi connectivity index (χ0) is 15.0. The summed E-state index contributed by atoms with van der Waals surface area (Å²) in [6.45, 7) is 5.06. The first-order valence-electron chi connectivity index (χ1n) is 8.68. The fourth-order valence-electron chi connectivity index (χ4n) is 4.29. The van der Waals surface area contributed by atoms with Gasteiger partial charge in [-0.15, -0.1) is 0 Å². The summed E-state index contributed by atoms with van der Waals surface area (Å²) in [6, 6.07) is -0.00965. The smallest absolute Gasteiger partial charge is 0.241 e. The molecule has 4 nitrogen and oxygen atoms in total. The molecular weight excluding hydrogens is 264 g/mol. The summed E-state index contributed by atoms with van der Waals surface area (Å²) < 4.78 is 5.77. The molecule has 120 valence electrons. The van der Waals surface area contributed by atoms with Crippen molar-refractivity contribution in [3.63, 3.8) is 0 Å². The van der Waals surface area contributed by atoms with Gasteiger partial charge in [0.15, 0.2) is 0 Å². The van der Waals surface area contributed by atoms with Crippen LogP contribution in [-0.4, -0.2) is 42.3 Å². The van der Waals surface area contributed by atoms with E-state index in [4.69, 9.17) is 4.74 Å². The maximum atomic E-state index is 12.9. The van der Waals surface area contributed by atoms with E-state index in [1.54, 1.807) is 7.11 Å². The lowest BCUT2D eigenvalue weighted by molar-refractivity contribution is -0.142. The molecule has 2 atom stereocenters. The highest BCUT2D eigenvalue weighted by atomic mass is 16.5. The Hall–Kier alpha value is -0.610. The van der Waals surface area contributed by atoms with Crippen LogP contribution >= 0.6 is 0 Å². The highest BCUT2D eigenvalue weighted by Gasteiger charge is 2.49. The van der Waals surface area contributed by atoms with Gasteiger partial charge in [-0.25, -0.2) is 0 Å². The average molecular weight is 294 g/mol. The fraction of sp³-hybridized carbons (Fsp3) is 0.941. The molecule has 1 amide bonds. The quantitative estimate of drug-likeness (QED) is 0.847. The largest absolute Gasteiger partial charge is 0.376 e. The summed E-state index contributed by atoms with van der Waals surface area (Å²) >= 11 is 0. The molecule has 2 unspecified atom stereocenters. The molecule has 0 bridgehead atoms. The Bertz CT molecular complexity index is 381. The topological polar surface area (TPSA) is 41.6 Å². The van der Waals surface area contributed by atoms with Crippen molar-refractivity contribution in [1.29, 1.82) is 0 Å². The highest BCUT2D eigenvalue weighted by Crippen LogP contribution is 2.39. The molecule has 0 aromatic heterocycles. The van der Waals surface area contributed by atoms with Crippen LogP contribution in [0.4, 0.5) is 0 Å². The molecule has 0 spiro atoms. The van der Waals surface area contributed by atoms with E-state index in [1.165, 1.54) is 32.1 Å². The number of methoxy groups -OCH3 is 1. The normalized spacial score (nSPS) is 33.0. The molecule has 1 saturated heterocycles. The Kier molecular flexibility index (Phi) is 4.28. The van der Waals surface area contributed by atoms with Crippen molar-refractivity contribution in [1.82, 2.24) is 10.2 Å². The van der Waals surface area contributed by atoms with Gasteiger partial charge in [0.25, 0.3) is 0 Å². The molecule has 3 aliphatic rings. The number of carbonyl (C=O) groups excluding carboxylic acids is 1. The number of amides is 1. The minimum atomic E-state index is -0.0694. The maximum Gasteiger partial charge on any atom is 0.241 e. The van der Waals surface area contributed by atoms with E-state index in [0.717, 1.165) is 19.4 Å². The standard InChI is InChI=1S/C17H30N2O2/c1-12(2)14-16(20)19(11-17(21-3)9-6-10-17)15(18-14)13-7-4-5-8-13/h12-15,18H,4-11H2,1-3H3. The second-order valence-corrected chi connectivity index (χ2v) is 7.58. The minimum absolute atomic E-state index is 0.00965. The lowest BCUT2D eigenvalue weighted by atomic mass is 9.79. The molecule has 3 rings (SSSR count). The van der Waals surface area contributed by atoms with Crippen LogP contribution in [0.1, 0.15) is 58.8 Å². The van der Waals surface area contributed by atoms with Crippen molar-refractivity contribution < 1.29 is 9.53 Å². The summed E-state index contributed by atoms with van der Waals surface area (Å²) in [6.07, 6.45) is 8.79. The number of nitrogens with zero attached hydrogens (tertiary/aromatic N) is 1. The van der Waals surface area contributed by atoms with Crippen molar-refractivity contribution in [2.24, 2.45) is 11.8 Å². The summed E-state index contributed by atoms with van der Waals surface area (Å²) in [7, 11) is 1.80. The van der Waals surface area contributed by atoms with Gasteiger partial charge in [-0.05, 0) is 43.9 Å². The second kappa shape index (κ2) is 5.88. The van der Waals surface area contributed by atoms with E-state index in [1.807, 2.05) is 0 Å². The average Bonchev–Trinajstić information content (AvgIpc) is 3.02. The number of carbonyl (C=O) groups is 1. The van der Waals surface area contributed by atoms with Crippen molar-refractivity contribution in [3.05, 3.63) is 0 Å². The van der Waals surface area contributed by atoms with E-state index in [2.05, 4.69) is 24.1 Å². The van der Waals surface area contributed by atoms with Crippen LogP contribution in [-0.2, 0) is 9.53 Å². The Balaban J connectivity index is 1.77. The van der Waals surface area contributed by atoms with Gasteiger partial charge in [0.1, 0.15) is 0 Å². The number of ether oxygens (including phenoxy) is 1. The third-order valence-electron chi connectivity index (χ3n) is 5.90. The van der Waals surface area contributed by atoms with Crippen molar-refractivity contribution in [2.75, 3.05) is 13.7 Å². The SMILES string of the molecule is COC1(CN2C(=O)C(C(C)C)NC2C2CCCC2)CCC1. The minimum Gasteiger partial charge on any atom is -0.376 e. The van der Waals surface area contributed by atoms with Gasteiger partial charge in [0.05, 0.1) is 24.4 Å². The third kappa shape index (κ3) is 2.72. The molecule has 1 heterocycles. The van der Waals surface area contributed by atoms with Gasteiger partial charge in [0, 0.05) is 7.11 Å². The zero-order valence-corrected chi connectivity index (χ0v) is 13.7. The third-order valence-corrected chi connectivity index (χ3v) is 5.90. The molecule has 21 heavy (non-hydrogen) atoms. The van der Waals surface area contributed by atoms with Gasteiger partial charge < -0.3 is 9.64 Å². The Labute approximate surface area is 128 Å². The summed E-state index contributed by atoms with van der Waals surface area (Å²) in [5.41, 5.74) is -0.0694. The van der Waals surface area contributed by atoms with Crippen LogP contribution in [0.3, 0.4) is 0 Å². The lowest BCUT2D eigenvalue weighted by Crippen LogP contribution is -2.54. The van der Waals surface area contributed by atoms with Gasteiger partial charge >= 0.3 is 0 Å². The van der Waals surface area contributed by atoms with Crippen molar-refractivity contribution >= 4 is 5.91 Å². The molecule has 0 aromatic carbocycles. The Morgan fingerprint density at radius 2 is 1.95 bits per heavy atom. The predicted molar refractivity (Wildman–Crippen MR) is 82.8 cm³/mol. The maximum absolute atomic E-state index is 12.9. The van der Waals surface area contributed by atoms with E-state index >= 15 is 0 Å². The summed E-state index contributed by atoms with van der Waals surface area (Å²) in [4.78, 5) is 15.0. The summed E-state index contributed by atoms with van der Waals surface area (Å²) in [5, 5.41) is 3.65. The van der Waals surface area contributed by atoms with Crippen molar-refractivity contribution in [2.45, 2.75) is 76.6 Å². The molecule has 2 aliphatic carbocycles. The van der Waals surface area contributed by atoms with E-state index in [-0.39, 0.29) is 17.8 Å². The lowest BCUT2D eigenvalue weighted by Gasteiger charge is -2.44. The number of hydrogen-bond donors (Lipinski definition) is 1. The highest BCUT2D eigenvalue weighted by molar-refractivity contribution is 5.84. The van der Waals surface area contributed by atoms with Gasteiger partial charge in [-0.1, -0.05) is 26.7 Å². The Morgan fingerprint density at radius 1 is 1.29 bits per heavy atom. The van der Waals surface area contributed by atoms with Crippen LogP contribution in [0.2, 0.25) is 0 Å². The first-order chi connectivity index (χ1) is 10.1. The van der Waals surface area contributed by atoms with Crippen molar-refractivity contribution in [3.8, 4) is 0 Å². The van der Waals surface area contributed by atoms with Crippen LogP contribution in [0, 0.1) is 11.8 Å². The van der Waals surface area contributed by atoms with Gasteiger partial charge in [0.2, 0.25) is 5.91 Å². The van der Waals surface area contributed by atoms with Crippen LogP contribution in [0.5, 0.6) is 0 Å². The zero-order valence-electron chi connectivity index (χ0n) is 13.7. The molecule has 2 saturated carbocycles. The number of rotatable bonds is 5. The van der Waals surface area contributed by atoms with E-state index in [9.17, 15) is 4.79 Å². The predicted octanol–water partition coefficient (Wildman–Crippen LogP) is 2.53. The van der Waals surface area contributed by atoms with E-state index < -0.39 is 0 Å². The molecule has 3 fully saturated rings. The fourth-order valence-corrected chi connectivity index (χ4v) is 4.29. The van der Waals surface area contributed by atoms with E-state index in [0.29, 0.717) is 17.7 Å². The summed E-state index contributed by atoms with van der Waals surface area (Å²) in [5.74, 6) is 1.28. The first kappa shape index (κ1) is 15.3. The second-order valence-electron chi connectivity index (χ2n) is 7.58. The first-order valence-corrected chi connectivity index (χ1v) is 8.68. The van der Waals surface area contributed by atoms with Crippen LogP contribution < -0.4 is 5.32 Å². The molecule has 1 aliphatic heterocycles. The molecule has 1 N–H and O–H groups in total. The van der Waals surface area contributed by atoms with Crippen LogP contribution in [0.15, 0.2) is 0 Å². The molecule has 0 radical (unpaired) electrons.